The van der Waals surface area contributed by atoms with Crippen LogP contribution in [0.5, 0.6) is 17.2 Å². The minimum absolute atomic E-state index is 0.179. The summed E-state index contributed by atoms with van der Waals surface area (Å²) in [6, 6.07) is 16.8. The van der Waals surface area contributed by atoms with Crippen LogP contribution in [0.1, 0.15) is 37.8 Å². The van der Waals surface area contributed by atoms with Crippen molar-refractivity contribution in [1.29, 1.82) is 5.26 Å². The van der Waals surface area contributed by atoms with Crippen LogP contribution in [0.2, 0.25) is 0 Å². The van der Waals surface area contributed by atoms with Gasteiger partial charge in [0.1, 0.15) is 5.75 Å². The lowest BCUT2D eigenvalue weighted by Gasteiger charge is -2.34. The van der Waals surface area contributed by atoms with E-state index in [1.165, 1.54) is 5.56 Å². The van der Waals surface area contributed by atoms with Gasteiger partial charge in [-0.25, -0.2) is 0 Å². The third kappa shape index (κ3) is 6.17. The number of hydrogen-bond acceptors (Lipinski definition) is 4. The topological polar surface area (TPSA) is 51.5 Å². The van der Waals surface area contributed by atoms with Gasteiger partial charge < -0.3 is 18.7 Å². The van der Waals surface area contributed by atoms with Gasteiger partial charge in [0.15, 0.2) is 11.5 Å². The smallest absolute Gasteiger partial charge is 0.161 e. The van der Waals surface area contributed by atoms with Crippen LogP contribution in [0.25, 0.3) is 0 Å². The summed E-state index contributed by atoms with van der Waals surface area (Å²) in [5.41, 5.74) is 1.72. The van der Waals surface area contributed by atoms with E-state index >= 15 is 0 Å². The molecule has 0 heterocycles. The molecule has 0 amide bonds. The first-order valence-corrected chi connectivity index (χ1v) is 11.3. The Morgan fingerprint density at radius 3 is 2.25 bits per heavy atom. The first-order valence-electron chi connectivity index (χ1n) is 11.3. The van der Waals surface area contributed by atoms with E-state index in [2.05, 4.69) is 46.1 Å². The molecule has 0 aliphatic rings. The van der Waals surface area contributed by atoms with Gasteiger partial charge in [-0.05, 0) is 54.2 Å². The highest BCUT2D eigenvalue weighted by atomic mass is 16.5. The molecule has 2 rings (SSSR count). The van der Waals surface area contributed by atoms with Crippen molar-refractivity contribution in [3.05, 3.63) is 53.6 Å². The van der Waals surface area contributed by atoms with Gasteiger partial charge >= 0.3 is 0 Å². The lowest BCUT2D eigenvalue weighted by atomic mass is 9.69. The number of methoxy groups -OCH3 is 3. The van der Waals surface area contributed by atoms with Crippen LogP contribution in [0.4, 0.5) is 0 Å². The second-order valence-corrected chi connectivity index (χ2v) is 9.40. The number of benzene rings is 2. The van der Waals surface area contributed by atoms with E-state index in [4.69, 9.17) is 14.2 Å². The molecule has 0 aliphatic heterocycles. The molecular formula is C27H39N2O3+. The van der Waals surface area contributed by atoms with Crippen LogP contribution in [-0.2, 0) is 11.8 Å². The second kappa shape index (κ2) is 11.2. The van der Waals surface area contributed by atoms with Crippen molar-refractivity contribution in [3.8, 4) is 23.3 Å². The molecule has 1 unspecified atom stereocenters. The molecule has 0 saturated heterocycles. The highest BCUT2D eigenvalue weighted by Crippen LogP contribution is 2.40. The van der Waals surface area contributed by atoms with E-state index in [-0.39, 0.29) is 5.92 Å². The summed E-state index contributed by atoms with van der Waals surface area (Å²) in [4.78, 5) is 0. The molecule has 2 aromatic carbocycles. The molecule has 0 spiro atoms. The van der Waals surface area contributed by atoms with Crippen molar-refractivity contribution in [2.45, 2.75) is 38.5 Å². The van der Waals surface area contributed by atoms with E-state index in [9.17, 15) is 5.26 Å². The van der Waals surface area contributed by atoms with Crippen molar-refractivity contribution in [1.82, 2.24) is 0 Å². The molecule has 0 N–H and O–H groups in total. The molecule has 0 aromatic heterocycles. The van der Waals surface area contributed by atoms with Gasteiger partial charge in [-0.1, -0.05) is 32.0 Å². The number of nitrogens with zero attached hydrogens (tertiary/aromatic N) is 2. The van der Waals surface area contributed by atoms with Crippen molar-refractivity contribution in [2.24, 2.45) is 5.92 Å². The maximum Gasteiger partial charge on any atom is 0.161 e. The Bertz CT molecular complexity index is 917. The quantitative estimate of drug-likeness (QED) is 0.425. The zero-order valence-electron chi connectivity index (χ0n) is 20.8. The Morgan fingerprint density at radius 1 is 0.938 bits per heavy atom. The van der Waals surface area contributed by atoms with E-state index < -0.39 is 5.41 Å². The maximum atomic E-state index is 10.3. The van der Waals surface area contributed by atoms with Crippen molar-refractivity contribution >= 4 is 0 Å². The fourth-order valence-corrected chi connectivity index (χ4v) is 4.29. The number of ether oxygens (including phenoxy) is 3. The molecule has 0 fully saturated rings. The van der Waals surface area contributed by atoms with Crippen molar-refractivity contribution in [2.75, 3.05) is 48.5 Å². The molecule has 2 aromatic rings. The summed E-state index contributed by atoms with van der Waals surface area (Å²) in [6.45, 7) is 6.30. The van der Waals surface area contributed by atoms with Crippen LogP contribution in [-0.4, -0.2) is 53.0 Å². The Labute approximate surface area is 194 Å². The Balaban J connectivity index is 2.09. The van der Waals surface area contributed by atoms with Gasteiger partial charge in [0.25, 0.3) is 0 Å². The molecule has 0 bridgehead atoms. The van der Waals surface area contributed by atoms with Crippen LogP contribution >= 0.6 is 0 Å². The van der Waals surface area contributed by atoms with E-state index in [1.54, 1.807) is 21.3 Å². The molecule has 0 aliphatic carbocycles. The number of quaternary nitrogens is 1. The van der Waals surface area contributed by atoms with Crippen LogP contribution in [0, 0.1) is 17.2 Å². The third-order valence-electron chi connectivity index (χ3n) is 6.56. The Morgan fingerprint density at radius 2 is 1.66 bits per heavy atom. The summed E-state index contributed by atoms with van der Waals surface area (Å²) in [5, 5.41) is 10.3. The number of likely N-dealkylation sites (N-methyl/N-ethyl adjacent to an activating group) is 1. The summed E-state index contributed by atoms with van der Waals surface area (Å²) in [7, 11) is 9.49. The summed E-state index contributed by atoms with van der Waals surface area (Å²) in [6.07, 6.45) is 2.76. The Kier molecular flexibility index (Phi) is 8.98. The summed E-state index contributed by atoms with van der Waals surface area (Å²) >= 11 is 0. The van der Waals surface area contributed by atoms with Crippen LogP contribution < -0.4 is 14.2 Å². The van der Waals surface area contributed by atoms with Gasteiger partial charge in [0.05, 0.1) is 60.0 Å². The molecule has 32 heavy (non-hydrogen) atoms. The summed E-state index contributed by atoms with van der Waals surface area (Å²) < 4.78 is 17.1. The largest absolute Gasteiger partial charge is 0.497 e. The minimum Gasteiger partial charge on any atom is -0.497 e. The minimum atomic E-state index is -0.563. The first kappa shape index (κ1) is 25.5. The lowest BCUT2D eigenvalue weighted by Crippen LogP contribution is -2.43. The third-order valence-corrected chi connectivity index (χ3v) is 6.56. The van der Waals surface area contributed by atoms with E-state index in [0.29, 0.717) is 11.5 Å². The molecule has 0 radical (unpaired) electrons. The standard InChI is InChI=1S/C27H39N2O3/c1-21(2)27(20-28,23-12-13-25(31-6)26(19-23)32-7)15-9-16-29(3,4)17-14-22-10-8-11-24(18-22)30-5/h8,10-13,18-19,21H,9,14-17H2,1-7H3/q+1. The maximum absolute atomic E-state index is 10.3. The molecule has 5 heteroatoms. The summed E-state index contributed by atoms with van der Waals surface area (Å²) in [5.74, 6) is 2.43. The molecular weight excluding hydrogens is 400 g/mol. The molecule has 0 saturated carbocycles. The fraction of sp³-hybridized carbons (Fsp3) is 0.519. The van der Waals surface area contributed by atoms with Gasteiger partial charge in [0, 0.05) is 6.42 Å². The van der Waals surface area contributed by atoms with Crippen molar-refractivity contribution < 1.29 is 18.7 Å². The molecule has 5 nitrogen and oxygen atoms in total. The first-order chi connectivity index (χ1) is 15.2. The van der Waals surface area contributed by atoms with Gasteiger partial charge in [-0.15, -0.1) is 0 Å². The predicted molar refractivity (Wildman–Crippen MR) is 129 cm³/mol. The predicted octanol–water partition coefficient (Wildman–Crippen LogP) is 5.23. The Hall–Kier alpha value is -2.71. The van der Waals surface area contributed by atoms with Crippen LogP contribution in [0.3, 0.4) is 0 Å². The fourth-order valence-electron chi connectivity index (χ4n) is 4.29. The zero-order chi connectivity index (χ0) is 23.8. The number of rotatable bonds is 12. The van der Waals surface area contributed by atoms with E-state index in [0.717, 1.165) is 48.1 Å². The van der Waals surface area contributed by atoms with Gasteiger partial charge in [-0.2, -0.15) is 5.26 Å². The van der Waals surface area contributed by atoms with Gasteiger partial charge in [-0.3, -0.25) is 0 Å². The highest BCUT2D eigenvalue weighted by Gasteiger charge is 2.37. The average molecular weight is 440 g/mol. The monoisotopic (exact) mass is 439 g/mol. The number of nitriles is 1. The van der Waals surface area contributed by atoms with Gasteiger partial charge in [0.2, 0.25) is 0 Å². The van der Waals surface area contributed by atoms with E-state index in [1.807, 2.05) is 30.3 Å². The normalized spacial score (nSPS) is 13.3. The van der Waals surface area contributed by atoms with Crippen molar-refractivity contribution in [3.63, 3.8) is 0 Å². The zero-order valence-corrected chi connectivity index (χ0v) is 20.8. The SMILES string of the molecule is COc1cccc(CC[N+](C)(C)CCCC(C#N)(c2ccc(OC)c(OC)c2)C(C)C)c1. The molecule has 1 atom stereocenters. The molecule has 174 valence electrons. The lowest BCUT2D eigenvalue weighted by molar-refractivity contribution is -0.890. The number of hydrogen-bond donors (Lipinski definition) is 0. The average Bonchev–Trinajstić information content (AvgIpc) is 2.80. The second-order valence-electron chi connectivity index (χ2n) is 9.40. The van der Waals surface area contributed by atoms with Crippen LogP contribution in [0.15, 0.2) is 42.5 Å². The highest BCUT2D eigenvalue weighted by molar-refractivity contribution is 5.47.